The van der Waals surface area contributed by atoms with E-state index < -0.39 is 28.0 Å². The normalized spacial score (nSPS) is 13.0. The van der Waals surface area contributed by atoms with Crippen molar-refractivity contribution in [3.05, 3.63) is 57.9 Å². The van der Waals surface area contributed by atoms with E-state index in [2.05, 4.69) is 9.88 Å². The van der Waals surface area contributed by atoms with Gasteiger partial charge in [0.15, 0.2) is 11.4 Å². The van der Waals surface area contributed by atoms with Crippen LogP contribution in [0.4, 0.5) is 11.4 Å². The number of carbonyl (C=O) groups excluding carboxylic acids is 1. The Morgan fingerprint density at radius 1 is 0.929 bits per heavy atom. The van der Waals surface area contributed by atoms with Crippen LogP contribution in [0.1, 0.15) is 20.7 Å². The average Bonchev–Trinajstić information content (AvgIpc) is 2.70. The molecule has 0 aromatic heterocycles. The summed E-state index contributed by atoms with van der Waals surface area (Å²) >= 11 is 0. The molecule has 0 fully saturated rings. The molecule has 28 heavy (non-hydrogen) atoms. The first-order valence-corrected chi connectivity index (χ1v) is 9.24. The standard InChI is InChI=1S/C14H12N2O10S2/c17-13(18)9-5-7(2-4-12(9)16(22)26-24)27-28-8-1-3-11(15(20)21)10(6-8)14(19)25-23/h1-6,15-16,20,23-24H,(H,17,18). The van der Waals surface area contributed by atoms with E-state index >= 15 is 0 Å². The molecule has 0 saturated heterocycles. The molecule has 0 amide bonds. The van der Waals surface area contributed by atoms with Gasteiger partial charge in [0.1, 0.15) is 11.1 Å². The summed E-state index contributed by atoms with van der Waals surface area (Å²) in [5.41, 5.74) is -1.47. The molecule has 2 aromatic rings. The van der Waals surface area contributed by atoms with E-state index in [1.54, 1.807) is 0 Å². The number of benzene rings is 2. The van der Waals surface area contributed by atoms with Crippen LogP contribution in [0, 0.1) is 10.4 Å². The fourth-order valence-electron chi connectivity index (χ4n) is 2.06. The minimum Gasteiger partial charge on any atom is -0.595 e. The van der Waals surface area contributed by atoms with Gasteiger partial charge in [0, 0.05) is 21.9 Å². The molecule has 0 spiro atoms. The lowest BCUT2D eigenvalue weighted by Gasteiger charge is -2.16. The molecular weight excluding hydrogens is 420 g/mol. The summed E-state index contributed by atoms with van der Waals surface area (Å²) in [5.74, 6) is -2.66. The zero-order valence-electron chi connectivity index (χ0n) is 13.5. The van der Waals surface area contributed by atoms with Crippen molar-refractivity contribution in [1.29, 1.82) is 0 Å². The molecule has 0 heterocycles. The van der Waals surface area contributed by atoms with E-state index in [-0.39, 0.29) is 16.9 Å². The molecule has 14 heteroatoms. The number of nitrogens with one attached hydrogen (secondary N) is 2. The third-order valence-corrected chi connectivity index (χ3v) is 5.66. The van der Waals surface area contributed by atoms with E-state index in [0.717, 1.165) is 33.7 Å². The summed E-state index contributed by atoms with van der Waals surface area (Å²) in [6.45, 7) is 0. The largest absolute Gasteiger partial charge is 0.595 e. The highest BCUT2D eigenvalue weighted by Crippen LogP contribution is 2.39. The van der Waals surface area contributed by atoms with Gasteiger partial charge in [0.05, 0.1) is 0 Å². The number of hydrogen-bond donors (Lipinski definition) is 6. The number of quaternary nitrogens is 2. The molecule has 6 N–H and O–H groups in total. The lowest BCUT2D eigenvalue weighted by atomic mass is 10.2. The molecule has 2 aromatic carbocycles. The van der Waals surface area contributed by atoms with Gasteiger partial charge in [-0.25, -0.2) is 14.8 Å². The molecular formula is C14H12N2O10S2. The SMILES string of the molecule is O=C(OO)c1cc(SSc2ccc([NH+]([O-])OO)c(C(=O)O)c2)ccc1[NH+]([O-])O. The molecule has 150 valence electrons. The molecule has 0 bridgehead atoms. The van der Waals surface area contributed by atoms with Crippen molar-refractivity contribution < 1.29 is 50.7 Å². The van der Waals surface area contributed by atoms with Gasteiger partial charge in [0.25, 0.3) is 0 Å². The van der Waals surface area contributed by atoms with Crippen LogP contribution >= 0.6 is 21.6 Å². The van der Waals surface area contributed by atoms with Crippen molar-refractivity contribution in [3.63, 3.8) is 0 Å². The number of rotatable bonds is 8. The minimum atomic E-state index is -1.41. The number of hydrogen-bond acceptors (Lipinski definition) is 11. The Morgan fingerprint density at radius 3 is 1.93 bits per heavy atom. The number of carboxylic acids is 1. The van der Waals surface area contributed by atoms with Gasteiger partial charge < -0.3 is 15.5 Å². The molecule has 0 aliphatic rings. The Kier molecular flexibility index (Phi) is 7.72. The topological polar surface area (TPSA) is 189 Å². The van der Waals surface area contributed by atoms with Crippen molar-refractivity contribution in [2.45, 2.75) is 9.79 Å². The third kappa shape index (κ3) is 5.18. The highest BCUT2D eigenvalue weighted by atomic mass is 33.1. The first-order valence-electron chi connectivity index (χ1n) is 7.09. The van der Waals surface area contributed by atoms with E-state index in [1.165, 1.54) is 24.3 Å². The van der Waals surface area contributed by atoms with Crippen molar-refractivity contribution >= 4 is 44.9 Å². The van der Waals surface area contributed by atoms with Crippen LogP contribution < -0.4 is 10.5 Å². The minimum absolute atomic E-state index is 0.344. The highest BCUT2D eigenvalue weighted by Gasteiger charge is 2.21. The Morgan fingerprint density at radius 2 is 1.46 bits per heavy atom. The van der Waals surface area contributed by atoms with Gasteiger partial charge in [-0.3, -0.25) is 4.89 Å². The average molecular weight is 432 g/mol. The van der Waals surface area contributed by atoms with Crippen molar-refractivity contribution in [3.8, 4) is 0 Å². The van der Waals surface area contributed by atoms with Gasteiger partial charge in [-0.15, -0.1) is 0 Å². The molecule has 0 aliphatic heterocycles. The maximum absolute atomic E-state index is 11.5. The number of aromatic carboxylic acids is 1. The van der Waals surface area contributed by atoms with Crippen LogP contribution in [0.25, 0.3) is 0 Å². The van der Waals surface area contributed by atoms with Crippen LogP contribution in [0.15, 0.2) is 46.2 Å². The Labute approximate surface area is 163 Å². The molecule has 12 nitrogen and oxygen atoms in total. The van der Waals surface area contributed by atoms with Crippen LogP contribution in [0.5, 0.6) is 0 Å². The van der Waals surface area contributed by atoms with E-state index in [9.17, 15) is 25.1 Å². The lowest BCUT2D eigenvalue weighted by molar-refractivity contribution is -1.06. The quantitative estimate of drug-likeness (QED) is 0.194. The smallest absolute Gasteiger partial charge is 0.378 e. The Bertz CT molecular complexity index is 879. The highest BCUT2D eigenvalue weighted by molar-refractivity contribution is 8.76. The second-order valence-corrected chi connectivity index (χ2v) is 7.23. The number of carboxylic acid groups (broad SMARTS) is 1. The fraction of sp³-hybridized carbons (Fsp3) is 0. The Balaban J connectivity index is 2.25. The maximum atomic E-state index is 11.5. The van der Waals surface area contributed by atoms with Crippen LogP contribution in [-0.4, -0.2) is 32.8 Å². The Hall–Kier alpha value is -2.24. The second kappa shape index (κ2) is 9.80. The third-order valence-electron chi connectivity index (χ3n) is 3.28. The first-order chi connectivity index (χ1) is 13.3. The van der Waals surface area contributed by atoms with Gasteiger partial charge in [-0.1, -0.05) is 21.6 Å². The van der Waals surface area contributed by atoms with E-state index in [1.807, 2.05) is 0 Å². The van der Waals surface area contributed by atoms with E-state index in [0.29, 0.717) is 9.79 Å². The summed E-state index contributed by atoms with van der Waals surface area (Å²) in [4.78, 5) is 30.8. The maximum Gasteiger partial charge on any atom is 0.378 e. The lowest BCUT2D eigenvalue weighted by Crippen LogP contribution is -3.00. The monoisotopic (exact) mass is 432 g/mol. The van der Waals surface area contributed by atoms with Crippen LogP contribution in [-0.2, 0) is 9.88 Å². The predicted molar refractivity (Wildman–Crippen MR) is 93.1 cm³/mol. The summed E-state index contributed by atoms with van der Waals surface area (Å²) in [5, 5.41) is 55.1. The molecule has 0 radical (unpaired) electrons. The van der Waals surface area contributed by atoms with Crippen molar-refractivity contribution in [2.24, 2.45) is 0 Å². The zero-order chi connectivity index (χ0) is 20.8. The van der Waals surface area contributed by atoms with Gasteiger partial charge in [0.2, 0.25) is 0 Å². The zero-order valence-corrected chi connectivity index (χ0v) is 15.2. The predicted octanol–water partition coefficient (Wildman–Crippen LogP) is 0.636. The van der Waals surface area contributed by atoms with Crippen molar-refractivity contribution in [1.82, 2.24) is 0 Å². The van der Waals surface area contributed by atoms with Gasteiger partial charge in [-0.2, -0.15) is 21.0 Å². The van der Waals surface area contributed by atoms with Crippen LogP contribution in [0.3, 0.4) is 0 Å². The summed E-state index contributed by atoms with van der Waals surface area (Å²) in [7, 11) is 2.10. The first kappa shape index (κ1) is 22.1. The second-order valence-electron chi connectivity index (χ2n) is 4.95. The van der Waals surface area contributed by atoms with Crippen molar-refractivity contribution in [2.75, 3.05) is 0 Å². The number of carbonyl (C=O) groups is 2. The van der Waals surface area contributed by atoms with Gasteiger partial charge in [-0.05, 0) is 29.3 Å². The molecule has 2 atom stereocenters. The molecule has 0 aliphatic carbocycles. The molecule has 2 rings (SSSR count). The van der Waals surface area contributed by atoms with E-state index in [4.69, 9.17) is 15.7 Å². The summed E-state index contributed by atoms with van der Waals surface area (Å²) in [6, 6.07) is 7.50. The van der Waals surface area contributed by atoms with Crippen LogP contribution in [0.2, 0.25) is 0 Å². The molecule has 0 saturated carbocycles. The summed E-state index contributed by atoms with van der Waals surface area (Å²) in [6.07, 6.45) is 0. The fourth-order valence-corrected chi connectivity index (χ4v) is 4.03. The van der Waals surface area contributed by atoms with Gasteiger partial charge >= 0.3 is 11.9 Å². The summed E-state index contributed by atoms with van der Waals surface area (Å²) < 4.78 is 0. The molecule has 2 unspecified atom stereocenters.